The first kappa shape index (κ1) is 25.4. The maximum Gasteiger partial charge on any atom is 0.305 e. The second kappa shape index (κ2) is 9.61. The Morgan fingerprint density at radius 3 is 2.32 bits per heavy atom. The number of rotatable bonds is 5. The van der Waals surface area contributed by atoms with Crippen molar-refractivity contribution >= 4 is 52.2 Å². The van der Waals surface area contributed by atoms with E-state index in [9.17, 15) is 14.4 Å². The van der Waals surface area contributed by atoms with E-state index in [1.807, 2.05) is 42.5 Å². The van der Waals surface area contributed by atoms with Crippen molar-refractivity contribution < 1.29 is 14.3 Å². The van der Waals surface area contributed by atoms with E-state index in [2.05, 4.69) is 17.1 Å². The van der Waals surface area contributed by atoms with Gasteiger partial charge in [0.15, 0.2) is 0 Å². The molecule has 3 fully saturated rings. The Morgan fingerprint density at radius 1 is 0.878 bits per heavy atom. The van der Waals surface area contributed by atoms with Gasteiger partial charge in [-0.1, -0.05) is 65.4 Å². The van der Waals surface area contributed by atoms with Gasteiger partial charge in [0, 0.05) is 21.1 Å². The summed E-state index contributed by atoms with van der Waals surface area (Å²) in [6.07, 6.45) is 0.859. The minimum Gasteiger partial charge on any atom is -0.489 e. The molecule has 1 N–H and O–H groups in total. The molecule has 4 aromatic rings. The molecule has 1 aromatic heterocycles. The number of aromatic nitrogens is 1. The van der Waals surface area contributed by atoms with E-state index in [0.29, 0.717) is 17.3 Å². The number of carbonyl (C=O) groups is 2. The SMILES string of the molecule is O=C1C2C(C(=O)N1c1ccc(Cl)cc1)[C@@H]1C[C@H]2C2Sc3[nH]c(=O)sc3C(c3ccc(OCc4ccccc4)cc3)C21. The number of amides is 2. The number of thiazole rings is 1. The number of benzene rings is 3. The fourth-order valence-electron chi connectivity index (χ4n) is 7.75. The summed E-state index contributed by atoms with van der Waals surface area (Å²) in [5.41, 5.74) is 2.80. The number of imide groups is 1. The van der Waals surface area contributed by atoms with Crippen LogP contribution in [0.15, 0.2) is 88.7 Å². The quantitative estimate of drug-likeness (QED) is 0.270. The molecule has 3 heterocycles. The summed E-state index contributed by atoms with van der Waals surface area (Å²) in [6.45, 7) is 0.488. The van der Waals surface area contributed by atoms with Gasteiger partial charge in [-0.25, -0.2) is 0 Å². The van der Waals surface area contributed by atoms with E-state index in [4.69, 9.17) is 16.3 Å². The molecule has 2 amide bonds. The highest BCUT2D eigenvalue weighted by atomic mass is 35.5. The number of nitrogens with zero attached hydrogens (tertiary/aromatic N) is 1. The zero-order valence-electron chi connectivity index (χ0n) is 21.7. The van der Waals surface area contributed by atoms with Crippen molar-refractivity contribution in [3.8, 4) is 5.75 Å². The Kier molecular flexibility index (Phi) is 5.95. The number of anilines is 1. The molecule has 2 saturated carbocycles. The molecular formula is C32H25ClN2O4S2. The highest BCUT2D eigenvalue weighted by Gasteiger charge is 2.69. The Balaban J connectivity index is 1.13. The number of halogens is 1. The van der Waals surface area contributed by atoms with Gasteiger partial charge < -0.3 is 9.72 Å². The number of nitrogens with one attached hydrogen (secondary N) is 1. The Hall–Kier alpha value is -3.33. The van der Waals surface area contributed by atoms with Gasteiger partial charge in [0.25, 0.3) is 0 Å². The maximum atomic E-state index is 13.9. The first-order chi connectivity index (χ1) is 20.0. The monoisotopic (exact) mass is 600 g/mol. The fourth-order valence-corrected chi connectivity index (χ4v) is 10.8. The smallest absolute Gasteiger partial charge is 0.305 e. The minimum atomic E-state index is -0.335. The van der Waals surface area contributed by atoms with Crippen LogP contribution in [0.3, 0.4) is 0 Å². The van der Waals surface area contributed by atoms with E-state index < -0.39 is 0 Å². The molecule has 1 saturated heterocycles. The number of fused-ring (bicyclic) bond motifs is 9. The van der Waals surface area contributed by atoms with E-state index >= 15 is 0 Å². The lowest BCUT2D eigenvalue weighted by molar-refractivity contribution is -0.123. The molecule has 0 radical (unpaired) electrons. The van der Waals surface area contributed by atoms with Crippen LogP contribution in [0.1, 0.15) is 28.3 Å². The normalized spacial score (nSPS) is 29.4. The molecule has 9 heteroatoms. The van der Waals surface area contributed by atoms with Crippen molar-refractivity contribution in [2.75, 3.05) is 4.90 Å². The Morgan fingerprint density at radius 2 is 1.59 bits per heavy atom. The number of hydrogen-bond acceptors (Lipinski definition) is 6. The summed E-state index contributed by atoms with van der Waals surface area (Å²) in [6, 6.07) is 25.1. The molecule has 0 spiro atoms. The summed E-state index contributed by atoms with van der Waals surface area (Å²) in [5.74, 6) is 0.211. The second-order valence-corrected chi connectivity index (χ2v) is 13.9. The van der Waals surface area contributed by atoms with E-state index in [0.717, 1.165) is 33.2 Å². The molecular weight excluding hydrogens is 576 g/mol. The van der Waals surface area contributed by atoms with Gasteiger partial charge >= 0.3 is 4.87 Å². The van der Waals surface area contributed by atoms with Crippen LogP contribution in [0.2, 0.25) is 5.02 Å². The summed E-state index contributed by atoms with van der Waals surface area (Å²) >= 11 is 9.05. The lowest BCUT2D eigenvalue weighted by atomic mass is 9.68. The first-order valence-electron chi connectivity index (χ1n) is 13.8. The molecule has 206 valence electrons. The largest absolute Gasteiger partial charge is 0.489 e. The van der Waals surface area contributed by atoms with Crippen LogP contribution in [0.4, 0.5) is 5.69 Å². The predicted octanol–water partition coefficient (Wildman–Crippen LogP) is 6.35. The standard InChI is InChI=1S/C32H25ClN2O4S2/c33-18-8-10-19(11-9-18)35-30(36)25-21-14-22(26(25)31(35)37)27-24(21)23(28-29(40-27)34-32(38)41-28)17-6-12-20(13-7-17)39-15-16-4-2-1-3-5-16/h1-13,21-27H,14-15H2,(H,34,38)/t21-,22-,23?,24?,25?,26?,27?/m1/s1. The van der Waals surface area contributed by atoms with Crippen LogP contribution in [0, 0.1) is 29.6 Å². The number of thioether (sulfide) groups is 1. The lowest BCUT2D eigenvalue weighted by Crippen LogP contribution is -2.42. The molecule has 2 aliphatic heterocycles. The van der Waals surface area contributed by atoms with Gasteiger partial charge in [-0.15, -0.1) is 11.8 Å². The molecule has 6 nitrogen and oxygen atoms in total. The van der Waals surface area contributed by atoms with Crippen molar-refractivity contribution in [3.63, 3.8) is 0 Å². The summed E-state index contributed by atoms with van der Waals surface area (Å²) in [7, 11) is 0. The molecule has 7 atom stereocenters. The number of H-pyrrole nitrogens is 1. The van der Waals surface area contributed by atoms with Crippen LogP contribution in [0.25, 0.3) is 0 Å². The topological polar surface area (TPSA) is 79.5 Å². The summed E-state index contributed by atoms with van der Waals surface area (Å²) in [5, 5.41) is 1.63. The van der Waals surface area contributed by atoms with Crippen LogP contribution in [0.5, 0.6) is 5.75 Å². The number of hydrogen-bond donors (Lipinski definition) is 1. The highest BCUT2D eigenvalue weighted by Crippen LogP contribution is 2.68. The van der Waals surface area contributed by atoms with E-state index in [-0.39, 0.29) is 57.4 Å². The molecule has 2 aliphatic carbocycles. The summed E-state index contributed by atoms with van der Waals surface area (Å²) < 4.78 is 6.03. The van der Waals surface area contributed by atoms with Crippen molar-refractivity contribution in [2.24, 2.45) is 29.6 Å². The van der Waals surface area contributed by atoms with Gasteiger partial charge in [-0.2, -0.15) is 0 Å². The Bertz CT molecular complexity index is 1720. The molecule has 3 aromatic carbocycles. The average Bonchev–Trinajstić information content (AvgIpc) is 3.72. The van der Waals surface area contributed by atoms with E-state index in [1.165, 1.54) is 16.2 Å². The molecule has 4 aliphatic rings. The fraction of sp³-hybridized carbons (Fsp3) is 0.281. The number of ether oxygens (including phenoxy) is 1. The zero-order chi connectivity index (χ0) is 27.8. The van der Waals surface area contributed by atoms with Crippen molar-refractivity contribution in [2.45, 2.75) is 29.2 Å². The van der Waals surface area contributed by atoms with Crippen molar-refractivity contribution in [1.29, 1.82) is 0 Å². The third kappa shape index (κ3) is 3.95. The van der Waals surface area contributed by atoms with Gasteiger partial charge in [-0.3, -0.25) is 19.3 Å². The molecule has 41 heavy (non-hydrogen) atoms. The number of carbonyl (C=O) groups excluding carboxylic acids is 2. The molecule has 8 rings (SSSR count). The molecule has 2 bridgehead atoms. The van der Waals surface area contributed by atoms with Crippen LogP contribution < -0.4 is 14.5 Å². The number of aromatic amines is 1. The van der Waals surface area contributed by atoms with E-state index in [1.54, 1.807) is 36.0 Å². The maximum absolute atomic E-state index is 13.9. The van der Waals surface area contributed by atoms with Gasteiger partial charge in [0.1, 0.15) is 12.4 Å². The zero-order valence-corrected chi connectivity index (χ0v) is 24.1. The highest BCUT2D eigenvalue weighted by molar-refractivity contribution is 8.00. The van der Waals surface area contributed by atoms with Crippen molar-refractivity contribution in [1.82, 2.24) is 4.98 Å². The first-order valence-corrected chi connectivity index (χ1v) is 15.8. The predicted molar refractivity (Wildman–Crippen MR) is 160 cm³/mol. The van der Waals surface area contributed by atoms with Gasteiger partial charge in [0.05, 0.1) is 22.5 Å². The van der Waals surface area contributed by atoms with Crippen molar-refractivity contribution in [3.05, 3.63) is 110 Å². The van der Waals surface area contributed by atoms with Crippen LogP contribution >= 0.6 is 34.7 Å². The minimum absolute atomic E-state index is 0.0215. The third-order valence-electron chi connectivity index (χ3n) is 9.30. The van der Waals surface area contributed by atoms with Crippen LogP contribution in [-0.4, -0.2) is 22.0 Å². The Labute approximate surface area is 249 Å². The third-order valence-corrected chi connectivity index (χ3v) is 12.1. The van der Waals surface area contributed by atoms with Crippen LogP contribution in [-0.2, 0) is 16.2 Å². The second-order valence-electron chi connectivity index (χ2n) is 11.3. The lowest BCUT2D eigenvalue weighted by Gasteiger charge is -2.43. The summed E-state index contributed by atoms with van der Waals surface area (Å²) in [4.78, 5) is 45.6. The van der Waals surface area contributed by atoms with Gasteiger partial charge in [0.2, 0.25) is 11.8 Å². The molecule has 5 unspecified atom stereocenters. The average molecular weight is 601 g/mol. The van der Waals surface area contributed by atoms with Gasteiger partial charge in [-0.05, 0) is 71.7 Å².